The average molecular weight is 389 g/mol. The third-order valence-corrected chi connectivity index (χ3v) is 4.18. The Labute approximate surface area is 147 Å². The minimum atomic E-state index is -0.240. The smallest absolute Gasteiger partial charge is 0.265 e. The van der Waals surface area contributed by atoms with E-state index in [1.807, 2.05) is 19.0 Å². The van der Waals surface area contributed by atoms with Gasteiger partial charge in [-0.2, -0.15) is 0 Å². The largest absolute Gasteiger partial charge is 0.351 e. The molecule has 1 amide bonds. The van der Waals surface area contributed by atoms with Crippen molar-refractivity contribution >= 4 is 38.4 Å². The normalized spacial score (nSPS) is 11.3. The van der Waals surface area contributed by atoms with Crippen LogP contribution >= 0.6 is 15.9 Å². The Hall–Kier alpha value is -2.25. The number of carbonyl (C=O) groups is 1. The molecule has 1 N–H and O–H groups in total. The monoisotopic (exact) mass is 388 g/mol. The first-order valence-electron chi connectivity index (χ1n) is 7.51. The maximum Gasteiger partial charge on any atom is 0.265 e. The highest BCUT2D eigenvalue weighted by molar-refractivity contribution is 9.10. The minimum Gasteiger partial charge on any atom is -0.351 e. The first-order valence-corrected chi connectivity index (χ1v) is 8.30. The van der Waals surface area contributed by atoms with Gasteiger partial charge in [0.05, 0.1) is 16.5 Å². The van der Waals surface area contributed by atoms with E-state index < -0.39 is 0 Å². The number of fused-ring (bicyclic) bond motifs is 2. The van der Waals surface area contributed by atoms with Gasteiger partial charge in [-0.1, -0.05) is 15.9 Å². The van der Waals surface area contributed by atoms with Gasteiger partial charge in [0.25, 0.3) is 11.5 Å². The van der Waals surface area contributed by atoms with E-state index in [0.717, 1.165) is 11.0 Å². The van der Waals surface area contributed by atoms with Crippen LogP contribution in [0.4, 0.5) is 0 Å². The molecule has 0 unspecified atom stereocenters. The van der Waals surface area contributed by atoms with Gasteiger partial charge in [0, 0.05) is 23.8 Å². The van der Waals surface area contributed by atoms with E-state index in [1.165, 1.54) is 4.40 Å². The number of hydrogen-bond donors (Lipinski definition) is 1. The Morgan fingerprint density at radius 3 is 2.88 bits per heavy atom. The maximum atomic E-state index is 12.6. The number of halogens is 1. The zero-order valence-corrected chi connectivity index (χ0v) is 15.0. The molecule has 0 fully saturated rings. The number of benzene rings is 1. The molecule has 0 saturated heterocycles. The SMILES string of the molecule is CN(C)CCNC(=O)c1cccn2c(=O)c3ccc(Br)cc3nc12. The lowest BCUT2D eigenvalue weighted by molar-refractivity contribution is 0.0952. The summed E-state index contributed by atoms with van der Waals surface area (Å²) < 4.78 is 2.25. The van der Waals surface area contributed by atoms with Crippen LogP contribution in [-0.4, -0.2) is 47.4 Å². The molecule has 0 aliphatic rings. The predicted molar refractivity (Wildman–Crippen MR) is 97.6 cm³/mol. The van der Waals surface area contributed by atoms with Crippen LogP contribution in [0.1, 0.15) is 10.4 Å². The Morgan fingerprint density at radius 1 is 1.33 bits per heavy atom. The van der Waals surface area contributed by atoms with E-state index in [2.05, 4.69) is 26.2 Å². The van der Waals surface area contributed by atoms with Crippen molar-refractivity contribution in [1.82, 2.24) is 19.6 Å². The molecule has 2 aromatic heterocycles. The molecule has 0 bridgehead atoms. The number of nitrogens with one attached hydrogen (secondary N) is 1. The summed E-state index contributed by atoms with van der Waals surface area (Å²) in [5.74, 6) is -0.240. The average Bonchev–Trinajstić information content (AvgIpc) is 2.54. The molecule has 2 heterocycles. The highest BCUT2D eigenvalue weighted by Gasteiger charge is 2.14. The first kappa shape index (κ1) is 16.6. The van der Waals surface area contributed by atoms with Crippen molar-refractivity contribution in [3.8, 4) is 0 Å². The van der Waals surface area contributed by atoms with Gasteiger partial charge in [-0.25, -0.2) is 4.98 Å². The van der Waals surface area contributed by atoms with Crippen molar-refractivity contribution in [3.05, 3.63) is 56.9 Å². The van der Waals surface area contributed by atoms with Gasteiger partial charge in [-0.15, -0.1) is 0 Å². The molecule has 0 radical (unpaired) electrons. The number of aromatic nitrogens is 2. The Balaban J connectivity index is 2.10. The summed E-state index contributed by atoms with van der Waals surface area (Å²) in [6.07, 6.45) is 1.63. The summed E-state index contributed by atoms with van der Waals surface area (Å²) >= 11 is 3.38. The molecule has 7 heteroatoms. The van der Waals surface area contributed by atoms with Crippen molar-refractivity contribution in [2.24, 2.45) is 0 Å². The highest BCUT2D eigenvalue weighted by atomic mass is 79.9. The van der Waals surface area contributed by atoms with Crippen molar-refractivity contribution in [2.45, 2.75) is 0 Å². The summed E-state index contributed by atoms with van der Waals surface area (Å²) in [6.45, 7) is 1.26. The Bertz CT molecular complexity index is 981. The molecule has 0 saturated carbocycles. The molecule has 0 spiro atoms. The van der Waals surface area contributed by atoms with Crippen LogP contribution < -0.4 is 10.9 Å². The van der Waals surface area contributed by atoms with Crippen molar-refractivity contribution < 1.29 is 4.79 Å². The number of carbonyl (C=O) groups excluding carboxylic acids is 1. The lowest BCUT2D eigenvalue weighted by atomic mass is 10.2. The summed E-state index contributed by atoms with van der Waals surface area (Å²) in [5, 5.41) is 3.37. The molecule has 3 rings (SSSR count). The zero-order chi connectivity index (χ0) is 17.3. The molecular weight excluding hydrogens is 372 g/mol. The maximum absolute atomic E-state index is 12.6. The predicted octanol–water partition coefficient (Wildman–Crippen LogP) is 1.90. The molecule has 3 aromatic rings. The van der Waals surface area contributed by atoms with Gasteiger partial charge in [-0.3, -0.25) is 14.0 Å². The lowest BCUT2D eigenvalue weighted by Crippen LogP contribution is -2.32. The minimum absolute atomic E-state index is 0.189. The summed E-state index contributed by atoms with van der Waals surface area (Å²) in [4.78, 5) is 31.6. The van der Waals surface area contributed by atoms with Crippen molar-refractivity contribution in [1.29, 1.82) is 0 Å². The second-order valence-electron chi connectivity index (χ2n) is 5.75. The van der Waals surface area contributed by atoms with Crippen LogP contribution in [0.3, 0.4) is 0 Å². The van der Waals surface area contributed by atoms with Crippen LogP contribution in [0.25, 0.3) is 16.6 Å². The molecule has 24 heavy (non-hydrogen) atoms. The van der Waals surface area contributed by atoms with Crippen LogP contribution in [0.2, 0.25) is 0 Å². The second-order valence-corrected chi connectivity index (χ2v) is 6.67. The fourth-order valence-electron chi connectivity index (χ4n) is 2.47. The fourth-order valence-corrected chi connectivity index (χ4v) is 2.81. The molecule has 6 nitrogen and oxygen atoms in total. The summed E-state index contributed by atoms with van der Waals surface area (Å²) in [5.41, 5.74) is 1.11. The van der Waals surface area contributed by atoms with Gasteiger partial charge in [0.1, 0.15) is 0 Å². The quantitative estimate of drug-likeness (QED) is 0.693. The molecule has 0 aliphatic heterocycles. The molecule has 0 aliphatic carbocycles. The number of hydrogen-bond acceptors (Lipinski definition) is 4. The molecule has 0 atom stereocenters. The zero-order valence-electron chi connectivity index (χ0n) is 13.4. The Morgan fingerprint density at radius 2 is 2.12 bits per heavy atom. The van der Waals surface area contributed by atoms with Crippen LogP contribution in [0, 0.1) is 0 Å². The lowest BCUT2D eigenvalue weighted by Gasteiger charge is -2.12. The van der Waals surface area contributed by atoms with Gasteiger partial charge in [0.15, 0.2) is 5.65 Å². The van der Waals surface area contributed by atoms with Gasteiger partial charge in [-0.05, 0) is 44.4 Å². The van der Waals surface area contributed by atoms with E-state index in [-0.39, 0.29) is 11.5 Å². The van der Waals surface area contributed by atoms with Gasteiger partial charge >= 0.3 is 0 Å². The Kier molecular flexibility index (Phi) is 4.64. The van der Waals surface area contributed by atoms with Crippen molar-refractivity contribution in [2.75, 3.05) is 27.2 Å². The van der Waals surface area contributed by atoms with Crippen LogP contribution in [-0.2, 0) is 0 Å². The number of amides is 1. The number of nitrogens with zero attached hydrogens (tertiary/aromatic N) is 3. The van der Waals surface area contributed by atoms with E-state index in [1.54, 1.807) is 36.5 Å². The van der Waals surface area contributed by atoms with E-state index in [9.17, 15) is 9.59 Å². The fraction of sp³-hybridized carbons (Fsp3) is 0.235. The number of pyridine rings is 1. The summed E-state index contributed by atoms with van der Waals surface area (Å²) in [6, 6.07) is 8.66. The standard InChI is InChI=1S/C17H17BrN4O2/c1-21(2)9-7-19-16(23)13-4-3-8-22-15(13)20-14-10-11(18)5-6-12(14)17(22)24/h3-6,8,10H,7,9H2,1-2H3,(H,19,23). The number of rotatable bonds is 4. The van der Waals surface area contributed by atoms with E-state index >= 15 is 0 Å². The van der Waals surface area contributed by atoms with Crippen molar-refractivity contribution in [3.63, 3.8) is 0 Å². The van der Waals surface area contributed by atoms with Crippen LogP contribution in [0.5, 0.6) is 0 Å². The third kappa shape index (κ3) is 3.18. The van der Waals surface area contributed by atoms with Gasteiger partial charge in [0.2, 0.25) is 0 Å². The third-order valence-electron chi connectivity index (χ3n) is 3.69. The molecular formula is C17H17BrN4O2. The molecule has 1 aromatic carbocycles. The van der Waals surface area contributed by atoms with Gasteiger partial charge < -0.3 is 10.2 Å². The topological polar surface area (TPSA) is 66.7 Å². The first-order chi connectivity index (χ1) is 11.5. The summed E-state index contributed by atoms with van der Waals surface area (Å²) in [7, 11) is 3.88. The van der Waals surface area contributed by atoms with E-state index in [4.69, 9.17) is 0 Å². The van der Waals surface area contributed by atoms with E-state index in [0.29, 0.717) is 28.7 Å². The van der Waals surface area contributed by atoms with Crippen LogP contribution in [0.15, 0.2) is 45.8 Å². The number of likely N-dealkylation sites (N-methyl/N-ethyl adjacent to an activating group) is 1. The molecule has 124 valence electrons. The second kappa shape index (κ2) is 6.70. The highest BCUT2D eigenvalue weighted by Crippen LogP contribution is 2.17.